The van der Waals surface area contributed by atoms with Crippen LogP contribution in [0, 0.1) is 0 Å². The number of amides is 1. The van der Waals surface area contributed by atoms with Crippen molar-refractivity contribution in [3.8, 4) is 5.75 Å². The predicted octanol–water partition coefficient (Wildman–Crippen LogP) is 3.89. The van der Waals surface area contributed by atoms with E-state index in [1.54, 1.807) is 0 Å². The molecule has 0 spiro atoms. The number of imidazole rings is 1. The zero-order valence-corrected chi connectivity index (χ0v) is 15.0. The Labute approximate surface area is 146 Å². The van der Waals surface area contributed by atoms with Gasteiger partial charge in [-0.3, -0.25) is 4.79 Å². The molecule has 0 unspecified atom stereocenters. The molecule has 5 nitrogen and oxygen atoms in total. The highest BCUT2D eigenvalue weighted by Gasteiger charge is 2.15. The Balaban J connectivity index is 1.53. The summed E-state index contributed by atoms with van der Waals surface area (Å²) in [6.07, 6.45) is 7.27. The normalized spacial score (nSPS) is 16.0. The largest absolute Gasteiger partial charge is 0.494 e. The SMILES string of the molecule is CCOc1ccc2nc(SCC(=O)NC3CCCCCC3)[nH]c2c1. The molecule has 1 aliphatic rings. The fourth-order valence-electron chi connectivity index (χ4n) is 3.12. The van der Waals surface area contributed by atoms with E-state index in [0.717, 1.165) is 34.8 Å². The van der Waals surface area contributed by atoms with Gasteiger partial charge in [0.25, 0.3) is 0 Å². The average Bonchev–Trinajstić information content (AvgIpc) is 2.80. The molecule has 0 atom stereocenters. The van der Waals surface area contributed by atoms with Gasteiger partial charge in [0.1, 0.15) is 5.75 Å². The third-order valence-electron chi connectivity index (χ3n) is 4.30. The molecule has 0 aliphatic heterocycles. The van der Waals surface area contributed by atoms with Gasteiger partial charge in [-0.2, -0.15) is 0 Å². The lowest BCUT2D eigenvalue weighted by Crippen LogP contribution is -2.35. The van der Waals surface area contributed by atoms with E-state index >= 15 is 0 Å². The number of fused-ring (bicyclic) bond motifs is 1. The van der Waals surface area contributed by atoms with Crippen LogP contribution in [0.15, 0.2) is 23.4 Å². The second-order valence-electron chi connectivity index (χ2n) is 6.20. The minimum absolute atomic E-state index is 0.0994. The maximum absolute atomic E-state index is 12.2. The first-order valence-corrected chi connectivity index (χ1v) is 9.78. The monoisotopic (exact) mass is 347 g/mol. The number of thioether (sulfide) groups is 1. The molecule has 2 aromatic rings. The second-order valence-corrected chi connectivity index (χ2v) is 7.16. The van der Waals surface area contributed by atoms with E-state index in [1.165, 1.54) is 37.4 Å². The van der Waals surface area contributed by atoms with Gasteiger partial charge in [0.15, 0.2) is 5.16 Å². The lowest BCUT2D eigenvalue weighted by molar-refractivity contribution is -0.119. The number of nitrogens with zero attached hydrogens (tertiary/aromatic N) is 1. The summed E-state index contributed by atoms with van der Waals surface area (Å²) in [5, 5.41) is 3.94. The molecule has 1 saturated carbocycles. The predicted molar refractivity (Wildman–Crippen MR) is 97.6 cm³/mol. The van der Waals surface area contributed by atoms with E-state index in [1.807, 2.05) is 25.1 Å². The summed E-state index contributed by atoms with van der Waals surface area (Å²) in [6.45, 7) is 2.61. The Bertz CT molecular complexity index is 678. The Kier molecular flexibility index (Phi) is 6.01. The summed E-state index contributed by atoms with van der Waals surface area (Å²) in [6, 6.07) is 6.15. The molecule has 1 aromatic carbocycles. The molecule has 0 saturated heterocycles. The number of nitrogens with one attached hydrogen (secondary N) is 2. The van der Waals surface area contributed by atoms with Crippen molar-refractivity contribution >= 4 is 28.7 Å². The van der Waals surface area contributed by atoms with Crippen molar-refractivity contribution in [1.29, 1.82) is 0 Å². The number of aromatic amines is 1. The van der Waals surface area contributed by atoms with Gasteiger partial charge in [-0.05, 0) is 31.9 Å². The molecule has 6 heteroatoms. The number of benzene rings is 1. The summed E-state index contributed by atoms with van der Waals surface area (Å²) in [5.41, 5.74) is 1.83. The van der Waals surface area contributed by atoms with Crippen LogP contribution in [0.2, 0.25) is 0 Å². The molecule has 2 N–H and O–H groups in total. The van der Waals surface area contributed by atoms with Crippen LogP contribution in [0.25, 0.3) is 11.0 Å². The number of rotatable bonds is 6. The van der Waals surface area contributed by atoms with Crippen LogP contribution in [0.5, 0.6) is 5.75 Å². The van der Waals surface area contributed by atoms with Gasteiger partial charge < -0.3 is 15.0 Å². The van der Waals surface area contributed by atoms with Crippen molar-refractivity contribution in [3.63, 3.8) is 0 Å². The van der Waals surface area contributed by atoms with Crippen molar-refractivity contribution in [1.82, 2.24) is 15.3 Å². The van der Waals surface area contributed by atoms with Crippen LogP contribution in [-0.2, 0) is 4.79 Å². The fourth-order valence-corrected chi connectivity index (χ4v) is 3.81. The molecule has 1 aromatic heterocycles. The van der Waals surface area contributed by atoms with Crippen molar-refractivity contribution in [2.45, 2.75) is 56.6 Å². The first-order valence-electron chi connectivity index (χ1n) is 8.79. The Hall–Kier alpha value is -1.69. The maximum atomic E-state index is 12.2. The molecule has 1 heterocycles. The van der Waals surface area contributed by atoms with E-state index in [-0.39, 0.29) is 5.91 Å². The molecule has 24 heavy (non-hydrogen) atoms. The quantitative estimate of drug-likeness (QED) is 0.614. The van der Waals surface area contributed by atoms with Crippen molar-refractivity contribution in [3.05, 3.63) is 18.2 Å². The lowest BCUT2D eigenvalue weighted by atomic mass is 10.1. The number of ether oxygens (including phenoxy) is 1. The molecule has 1 aliphatic carbocycles. The van der Waals surface area contributed by atoms with Gasteiger partial charge in [0, 0.05) is 12.1 Å². The molecular formula is C18H25N3O2S. The van der Waals surface area contributed by atoms with Crippen LogP contribution in [0.4, 0.5) is 0 Å². The highest BCUT2D eigenvalue weighted by atomic mass is 32.2. The van der Waals surface area contributed by atoms with Gasteiger partial charge in [-0.25, -0.2) is 4.98 Å². The lowest BCUT2D eigenvalue weighted by Gasteiger charge is -2.15. The number of carbonyl (C=O) groups is 1. The summed E-state index contributed by atoms with van der Waals surface area (Å²) in [5.74, 6) is 1.33. The summed E-state index contributed by atoms with van der Waals surface area (Å²) >= 11 is 1.45. The first-order chi connectivity index (χ1) is 11.7. The zero-order chi connectivity index (χ0) is 16.8. The van der Waals surface area contributed by atoms with E-state index < -0.39 is 0 Å². The van der Waals surface area contributed by atoms with Crippen molar-refractivity contribution in [2.75, 3.05) is 12.4 Å². The first kappa shape index (κ1) is 17.1. The van der Waals surface area contributed by atoms with Crippen molar-refractivity contribution < 1.29 is 9.53 Å². The topological polar surface area (TPSA) is 67.0 Å². The number of H-pyrrole nitrogens is 1. The van der Waals surface area contributed by atoms with E-state index in [2.05, 4.69) is 15.3 Å². The Morgan fingerprint density at radius 2 is 2.12 bits per heavy atom. The second kappa shape index (κ2) is 8.42. The Morgan fingerprint density at radius 3 is 2.88 bits per heavy atom. The van der Waals surface area contributed by atoms with Crippen molar-refractivity contribution in [2.24, 2.45) is 0 Å². The molecule has 0 bridgehead atoms. The summed E-state index contributed by atoms with van der Waals surface area (Å²) < 4.78 is 5.50. The molecule has 1 fully saturated rings. The highest BCUT2D eigenvalue weighted by molar-refractivity contribution is 7.99. The van der Waals surface area contributed by atoms with Crippen LogP contribution < -0.4 is 10.1 Å². The van der Waals surface area contributed by atoms with Gasteiger partial charge in [0.2, 0.25) is 5.91 Å². The van der Waals surface area contributed by atoms with Crippen LogP contribution >= 0.6 is 11.8 Å². The smallest absolute Gasteiger partial charge is 0.230 e. The third kappa shape index (κ3) is 4.66. The fraction of sp³-hybridized carbons (Fsp3) is 0.556. The minimum Gasteiger partial charge on any atom is -0.494 e. The maximum Gasteiger partial charge on any atom is 0.230 e. The number of aromatic nitrogens is 2. The van der Waals surface area contributed by atoms with Gasteiger partial charge in [-0.15, -0.1) is 0 Å². The number of hydrogen-bond acceptors (Lipinski definition) is 4. The summed E-state index contributed by atoms with van der Waals surface area (Å²) in [4.78, 5) is 19.9. The van der Waals surface area contributed by atoms with Gasteiger partial charge >= 0.3 is 0 Å². The molecular weight excluding hydrogens is 322 g/mol. The standard InChI is InChI=1S/C18H25N3O2S/c1-2-23-14-9-10-15-16(11-14)21-18(20-15)24-12-17(22)19-13-7-5-3-4-6-8-13/h9-11,13H,2-8,12H2,1H3,(H,19,22)(H,20,21). The third-order valence-corrected chi connectivity index (χ3v) is 5.18. The van der Waals surface area contributed by atoms with Crippen LogP contribution in [-0.4, -0.2) is 34.3 Å². The van der Waals surface area contributed by atoms with Crippen LogP contribution in [0.3, 0.4) is 0 Å². The molecule has 130 valence electrons. The minimum atomic E-state index is 0.0994. The molecule has 1 amide bonds. The number of carbonyl (C=O) groups excluding carboxylic acids is 1. The summed E-state index contributed by atoms with van der Waals surface area (Å²) in [7, 11) is 0. The van der Waals surface area contributed by atoms with Gasteiger partial charge in [-0.1, -0.05) is 37.4 Å². The van der Waals surface area contributed by atoms with E-state index in [0.29, 0.717) is 18.4 Å². The Morgan fingerprint density at radius 1 is 1.33 bits per heavy atom. The van der Waals surface area contributed by atoms with E-state index in [9.17, 15) is 4.79 Å². The highest BCUT2D eigenvalue weighted by Crippen LogP contribution is 2.23. The average molecular weight is 347 g/mol. The molecule has 0 radical (unpaired) electrons. The number of hydrogen-bond donors (Lipinski definition) is 2. The van der Waals surface area contributed by atoms with Gasteiger partial charge in [0.05, 0.1) is 23.4 Å². The zero-order valence-electron chi connectivity index (χ0n) is 14.1. The van der Waals surface area contributed by atoms with Crippen LogP contribution in [0.1, 0.15) is 45.4 Å². The molecule has 3 rings (SSSR count). The van der Waals surface area contributed by atoms with E-state index in [4.69, 9.17) is 4.74 Å².